The van der Waals surface area contributed by atoms with Crippen LogP contribution in [0.3, 0.4) is 0 Å². The second-order valence-electron chi connectivity index (χ2n) is 5.03. The van der Waals surface area contributed by atoms with Crippen molar-refractivity contribution in [1.82, 2.24) is 5.32 Å². The molecule has 18 heavy (non-hydrogen) atoms. The summed E-state index contributed by atoms with van der Waals surface area (Å²) in [6.45, 7) is 5.26. The maximum Gasteiger partial charge on any atom is 0.0366 e. The predicted molar refractivity (Wildman–Crippen MR) is 77.9 cm³/mol. The van der Waals surface area contributed by atoms with Crippen LogP contribution in [-0.2, 0) is 6.54 Å². The van der Waals surface area contributed by atoms with Gasteiger partial charge >= 0.3 is 0 Å². The highest BCUT2D eigenvalue weighted by Crippen LogP contribution is 2.20. The molecule has 1 aromatic rings. The number of rotatable bonds is 7. The van der Waals surface area contributed by atoms with Crippen molar-refractivity contribution in [3.63, 3.8) is 0 Å². The average molecular weight is 247 g/mol. The number of benzene rings is 1. The molecule has 0 amide bonds. The Morgan fingerprint density at radius 3 is 2.44 bits per heavy atom. The zero-order chi connectivity index (χ0) is 12.6. The number of anilines is 1. The predicted octanol–water partition coefficient (Wildman–Crippen LogP) is 2.12. The lowest BCUT2D eigenvalue weighted by Crippen LogP contribution is -2.18. The van der Waals surface area contributed by atoms with E-state index in [2.05, 4.69) is 34.5 Å². The van der Waals surface area contributed by atoms with Crippen molar-refractivity contribution >= 4 is 5.69 Å². The molecular formula is C15H25N3. The molecule has 1 saturated heterocycles. The molecule has 3 nitrogen and oxygen atoms in total. The molecule has 0 saturated carbocycles. The first-order chi connectivity index (χ1) is 8.90. The van der Waals surface area contributed by atoms with Gasteiger partial charge in [-0.05, 0) is 56.5 Å². The summed E-state index contributed by atoms with van der Waals surface area (Å²) in [5.74, 6) is 0. The number of nitrogens with two attached hydrogens (primary N) is 1. The summed E-state index contributed by atoms with van der Waals surface area (Å²) in [6.07, 6.45) is 4.96. The lowest BCUT2D eigenvalue weighted by molar-refractivity contribution is 0.627. The summed E-state index contributed by atoms with van der Waals surface area (Å²) in [5.41, 5.74) is 8.21. The fourth-order valence-corrected chi connectivity index (χ4v) is 2.43. The van der Waals surface area contributed by atoms with Crippen molar-refractivity contribution < 1.29 is 0 Å². The van der Waals surface area contributed by atoms with E-state index in [1.165, 1.54) is 43.6 Å². The van der Waals surface area contributed by atoms with Crippen LogP contribution in [0.25, 0.3) is 0 Å². The fourth-order valence-electron chi connectivity index (χ4n) is 2.43. The van der Waals surface area contributed by atoms with Crippen LogP contribution in [0.1, 0.15) is 31.2 Å². The van der Waals surface area contributed by atoms with Crippen LogP contribution >= 0.6 is 0 Å². The molecule has 2 rings (SSSR count). The molecule has 1 aliphatic rings. The van der Waals surface area contributed by atoms with E-state index < -0.39 is 0 Å². The molecule has 3 N–H and O–H groups in total. The quantitative estimate of drug-likeness (QED) is 0.725. The minimum atomic E-state index is 0.798. The van der Waals surface area contributed by atoms with Crippen molar-refractivity contribution in [3.05, 3.63) is 29.8 Å². The molecule has 0 atom stereocenters. The third-order valence-electron chi connectivity index (χ3n) is 3.54. The van der Waals surface area contributed by atoms with Gasteiger partial charge in [-0.2, -0.15) is 0 Å². The highest BCUT2D eigenvalue weighted by atomic mass is 15.1. The van der Waals surface area contributed by atoms with Gasteiger partial charge in [0.2, 0.25) is 0 Å². The first kappa shape index (κ1) is 13.4. The molecule has 0 unspecified atom stereocenters. The third-order valence-corrected chi connectivity index (χ3v) is 3.54. The summed E-state index contributed by atoms with van der Waals surface area (Å²) in [6, 6.07) is 8.98. The summed E-state index contributed by atoms with van der Waals surface area (Å²) >= 11 is 0. The first-order valence-electron chi connectivity index (χ1n) is 7.15. The van der Waals surface area contributed by atoms with Crippen molar-refractivity contribution in [3.8, 4) is 0 Å². The van der Waals surface area contributed by atoms with Gasteiger partial charge in [-0.15, -0.1) is 0 Å². The summed E-state index contributed by atoms with van der Waals surface area (Å²) < 4.78 is 0. The Kier molecular flexibility index (Phi) is 5.49. The Labute approximate surface area is 110 Å². The van der Waals surface area contributed by atoms with E-state index in [9.17, 15) is 0 Å². The summed E-state index contributed by atoms with van der Waals surface area (Å²) in [5, 5.41) is 3.46. The second kappa shape index (κ2) is 7.39. The highest BCUT2D eigenvalue weighted by molar-refractivity contribution is 5.48. The lowest BCUT2D eigenvalue weighted by atomic mass is 10.2. The first-order valence-corrected chi connectivity index (χ1v) is 7.15. The van der Waals surface area contributed by atoms with Gasteiger partial charge in [0.25, 0.3) is 0 Å². The number of unbranched alkanes of at least 4 members (excludes halogenated alkanes) is 1. The van der Waals surface area contributed by atoms with Crippen LogP contribution in [0, 0.1) is 0 Å². The molecule has 0 radical (unpaired) electrons. The third kappa shape index (κ3) is 4.00. The highest BCUT2D eigenvalue weighted by Gasteiger charge is 2.11. The van der Waals surface area contributed by atoms with Gasteiger partial charge in [-0.1, -0.05) is 12.1 Å². The zero-order valence-corrected chi connectivity index (χ0v) is 11.2. The molecule has 100 valence electrons. The maximum atomic E-state index is 5.47. The van der Waals surface area contributed by atoms with Gasteiger partial charge < -0.3 is 16.0 Å². The maximum absolute atomic E-state index is 5.47. The molecule has 1 heterocycles. The fraction of sp³-hybridized carbons (Fsp3) is 0.600. The molecule has 1 aliphatic heterocycles. The molecule has 1 aromatic carbocycles. The number of hydrogen-bond donors (Lipinski definition) is 2. The smallest absolute Gasteiger partial charge is 0.0366 e. The normalized spacial score (nSPS) is 15.3. The minimum absolute atomic E-state index is 0.798. The molecule has 0 bridgehead atoms. The van der Waals surface area contributed by atoms with E-state index in [1.54, 1.807) is 0 Å². The van der Waals surface area contributed by atoms with Gasteiger partial charge in [0.15, 0.2) is 0 Å². The zero-order valence-electron chi connectivity index (χ0n) is 11.2. The lowest BCUT2D eigenvalue weighted by Gasteiger charge is -2.17. The largest absolute Gasteiger partial charge is 0.372 e. The second-order valence-corrected chi connectivity index (χ2v) is 5.03. The topological polar surface area (TPSA) is 41.3 Å². The molecule has 3 heteroatoms. The van der Waals surface area contributed by atoms with Crippen LogP contribution in [0.2, 0.25) is 0 Å². The molecule has 0 spiro atoms. The van der Waals surface area contributed by atoms with E-state index in [1.807, 2.05) is 0 Å². The van der Waals surface area contributed by atoms with E-state index >= 15 is 0 Å². The SMILES string of the molecule is NCCCCNCc1ccc(N2CCCC2)cc1. The number of nitrogens with one attached hydrogen (secondary N) is 1. The number of nitrogens with zero attached hydrogens (tertiary/aromatic N) is 1. The van der Waals surface area contributed by atoms with Gasteiger partial charge in [-0.25, -0.2) is 0 Å². The average Bonchev–Trinajstić information content (AvgIpc) is 2.93. The Balaban J connectivity index is 1.73. The van der Waals surface area contributed by atoms with E-state index in [0.717, 1.165) is 26.1 Å². The van der Waals surface area contributed by atoms with E-state index in [-0.39, 0.29) is 0 Å². The van der Waals surface area contributed by atoms with E-state index in [0.29, 0.717) is 0 Å². The Bertz CT molecular complexity index is 328. The number of hydrogen-bond acceptors (Lipinski definition) is 3. The van der Waals surface area contributed by atoms with Gasteiger partial charge in [-0.3, -0.25) is 0 Å². The van der Waals surface area contributed by atoms with Crippen molar-refractivity contribution in [2.45, 2.75) is 32.2 Å². The van der Waals surface area contributed by atoms with Gasteiger partial charge in [0, 0.05) is 25.3 Å². The summed E-state index contributed by atoms with van der Waals surface area (Å²) in [7, 11) is 0. The molecule has 1 fully saturated rings. The van der Waals surface area contributed by atoms with Crippen molar-refractivity contribution in [2.75, 3.05) is 31.1 Å². The Hall–Kier alpha value is -1.06. The van der Waals surface area contributed by atoms with Gasteiger partial charge in [0.1, 0.15) is 0 Å². The Morgan fingerprint density at radius 1 is 1.06 bits per heavy atom. The Morgan fingerprint density at radius 2 is 1.78 bits per heavy atom. The van der Waals surface area contributed by atoms with Crippen LogP contribution in [0.5, 0.6) is 0 Å². The van der Waals surface area contributed by atoms with Crippen molar-refractivity contribution in [1.29, 1.82) is 0 Å². The van der Waals surface area contributed by atoms with E-state index in [4.69, 9.17) is 5.73 Å². The minimum Gasteiger partial charge on any atom is -0.372 e. The van der Waals surface area contributed by atoms with Crippen molar-refractivity contribution in [2.24, 2.45) is 5.73 Å². The van der Waals surface area contributed by atoms with Gasteiger partial charge in [0.05, 0.1) is 0 Å². The standard InChI is InChI=1S/C15H25N3/c16-9-1-2-10-17-13-14-5-7-15(8-6-14)18-11-3-4-12-18/h5-8,17H,1-4,9-13,16H2. The monoisotopic (exact) mass is 247 g/mol. The van der Waals surface area contributed by atoms with Crippen LogP contribution in [0.4, 0.5) is 5.69 Å². The summed E-state index contributed by atoms with van der Waals surface area (Å²) in [4.78, 5) is 2.47. The molecular weight excluding hydrogens is 222 g/mol. The van der Waals surface area contributed by atoms with Crippen LogP contribution < -0.4 is 16.0 Å². The van der Waals surface area contributed by atoms with Crippen LogP contribution in [-0.4, -0.2) is 26.2 Å². The molecule has 0 aromatic heterocycles. The van der Waals surface area contributed by atoms with Crippen LogP contribution in [0.15, 0.2) is 24.3 Å². The molecule has 0 aliphatic carbocycles.